The summed E-state index contributed by atoms with van der Waals surface area (Å²) in [5.74, 6) is -0.0442. The summed E-state index contributed by atoms with van der Waals surface area (Å²) in [4.78, 5) is 15.3. The lowest BCUT2D eigenvalue weighted by molar-refractivity contribution is -0.143. The zero-order chi connectivity index (χ0) is 25.5. The van der Waals surface area contributed by atoms with E-state index in [1.54, 1.807) is 0 Å². The standard InChI is InChI=1S/C33H55NO2/c1-2-3-4-5-6-7-8-9-10-11-12-13-14-15-16-17-18-19-20-21-26-33(35)36-28-27-30-29-34-32-25-23-22-24-31(30)32/h22-25,29,34H,2-21,26-28H2,1H3. The molecule has 0 spiro atoms. The fraction of sp³-hybridized carbons (Fsp3) is 0.727. The first kappa shape index (κ1) is 30.5. The van der Waals surface area contributed by atoms with Gasteiger partial charge in [0, 0.05) is 29.9 Å². The fourth-order valence-electron chi connectivity index (χ4n) is 5.21. The Labute approximate surface area is 222 Å². The number of esters is 1. The number of aromatic nitrogens is 1. The highest BCUT2D eigenvalue weighted by molar-refractivity contribution is 5.83. The Balaban J connectivity index is 1.27. The Morgan fingerprint density at radius 1 is 0.667 bits per heavy atom. The first-order valence-electron chi connectivity index (χ1n) is 15.5. The number of ether oxygens (including phenoxy) is 1. The lowest BCUT2D eigenvalue weighted by atomic mass is 10.0. The highest BCUT2D eigenvalue weighted by Crippen LogP contribution is 2.18. The summed E-state index contributed by atoms with van der Waals surface area (Å²) in [6.07, 6.45) is 30.9. The Kier molecular flexibility index (Phi) is 18.0. The van der Waals surface area contributed by atoms with Gasteiger partial charge in [0.1, 0.15) is 0 Å². The number of fused-ring (bicyclic) bond motifs is 1. The van der Waals surface area contributed by atoms with Gasteiger partial charge in [-0.2, -0.15) is 0 Å². The summed E-state index contributed by atoms with van der Waals surface area (Å²) < 4.78 is 5.45. The Hall–Kier alpha value is -1.77. The molecule has 1 N–H and O–H groups in total. The third-order valence-electron chi connectivity index (χ3n) is 7.54. The largest absolute Gasteiger partial charge is 0.465 e. The average Bonchev–Trinajstić information content (AvgIpc) is 3.30. The van der Waals surface area contributed by atoms with Gasteiger partial charge in [-0.05, 0) is 18.1 Å². The van der Waals surface area contributed by atoms with Crippen molar-refractivity contribution in [2.75, 3.05) is 6.61 Å². The zero-order valence-corrected chi connectivity index (χ0v) is 23.5. The minimum atomic E-state index is -0.0442. The van der Waals surface area contributed by atoms with Gasteiger partial charge in [0.15, 0.2) is 0 Å². The van der Waals surface area contributed by atoms with Crippen LogP contribution in [0.3, 0.4) is 0 Å². The van der Waals surface area contributed by atoms with E-state index >= 15 is 0 Å². The van der Waals surface area contributed by atoms with Crippen LogP contribution in [0.5, 0.6) is 0 Å². The minimum Gasteiger partial charge on any atom is -0.465 e. The number of nitrogens with one attached hydrogen (secondary N) is 1. The van der Waals surface area contributed by atoms with Crippen LogP contribution in [-0.2, 0) is 16.0 Å². The maximum atomic E-state index is 12.0. The van der Waals surface area contributed by atoms with Crippen LogP contribution in [0.2, 0.25) is 0 Å². The zero-order valence-electron chi connectivity index (χ0n) is 23.5. The molecule has 0 aliphatic rings. The summed E-state index contributed by atoms with van der Waals surface area (Å²) in [5, 5.41) is 1.22. The average molecular weight is 498 g/mol. The van der Waals surface area contributed by atoms with Crippen molar-refractivity contribution in [3.63, 3.8) is 0 Å². The number of rotatable bonds is 24. The van der Waals surface area contributed by atoms with E-state index in [9.17, 15) is 4.79 Å². The summed E-state index contributed by atoms with van der Waals surface area (Å²) in [6, 6.07) is 8.27. The summed E-state index contributed by atoms with van der Waals surface area (Å²) >= 11 is 0. The third-order valence-corrected chi connectivity index (χ3v) is 7.54. The maximum absolute atomic E-state index is 12.0. The van der Waals surface area contributed by atoms with Crippen molar-refractivity contribution < 1.29 is 9.53 Å². The molecule has 36 heavy (non-hydrogen) atoms. The molecule has 0 bridgehead atoms. The van der Waals surface area contributed by atoms with Crippen LogP contribution in [0, 0.1) is 0 Å². The van der Waals surface area contributed by atoms with Crippen molar-refractivity contribution in [3.05, 3.63) is 36.0 Å². The van der Waals surface area contributed by atoms with Crippen LogP contribution in [0.4, 0.5) is 0 Å². The van der Waals surface area contributed by atoms with Gasteiger partial charge < -0.3 is 9.72 Å². The number of carbonyl (C=O) groups excluding carboxylic acids is 1. The first-order chi connectivity index (χ1) is 17.8. The molecule has 0 saturated carbocycles. The van der Waals surface area contributed by atoms with E-state index in [1.165, 1.54) is 127 Å². The van der Waals surface area contributed by atoms with Gasteiger partial charge in [-0.25, -0.2) is 0 Å². The molecule has 1 aromatic carbocycles. The van der Waals surface area contributed by atoms with Gasteiger partial charge in [0.05, 0.1) is 6.61 Å². The number of aromatic amines is 1. The van der Waals surface area contributed by atoms with Crippen molar-refractivity contribution in [1.29, 1.82) is 0 Å². The topological polar surface area (TPSA) is 42.1 Å². The fourth-order valence-corrected chi connectivity index (χ4v) is 5.21. The number of unbranched alkanes of at least 4 members (excludes halogenated alkanes) is 19. The Morgan fingerprint density at radius 2 is 1.14 bits per heavy atom. The van der Waals surface area contributed by atoms with Crippen molar-refractivity contribution >= 4 is 16.9 Å². The van der Waals surface area contributed by atoms with Gasteiger partial charge >= 0.3 is 5.97 Å². The smallest absolute Gasteiger partial charge is 0.305 e. The molecule has 1 aromatic heterocycles. The van der Waals surface area contributed by atoms with E-state index in [0.717, 1.165) is 24.8 Å². The van der Waals surface area contributed by atoms with Gasteiger partial charge in [-0.3, -0.25) is 4.79 Å². The van der Waals surface area contributed by atoms with Crippen molar-refractivity contribution in [2.24, 2.45) is 0 Å². The molecule has 3 heteroatoms. The third kappa shape index (κ3) is 14.7. The molecule has 0 aliphatic heterocycles. The highest BCUT2D eigenvalue weighted by atomic mass is 16.5. The highest BCUT2D eigenvalue weighted by Gasteiger charge is 2.06. The van der Waals surface area contributed by atoms with Gasteiger partial charge in [-0.15, -0.1) is 0 Å². The van der Waals surface area contributed by atoms with Gasteiger partial charge in [0.2, 0.25) is 0 Å². The molecule has 0 radical (unpaired) electrons. The quantitative estimate of drug-likeness (QED) is 0.116. The minimum absolute atomic E-state index is 0.0442. The van der Waals surface area contributed by atoms with Crippen LogP contribution in [0.25, 0.3) is 10.9 Å². The molecule has 0 aliphatic carbocycles. The van der Waals surface area contributed by atoms with E-state index in [0.29, 0.717) is 13.0 Å². The molecular formula is C33H55NO2. The molecule has 0 saturated heterocycles. The molecular weight excluding hydrogens is 442 g/mol. The number of benzene rings is 1. The molecule has 0 fully saturated rings. The lowest BCUT2D eigenvalue weighted by Crippen LogP contribution is -2.07. The van der Waals surface area contributed by atoms with E-state index in [2.05, 4.69) is 24.0 Å². The van der Waals surface area contributed by atoms with E-state index < -0.39 is 0 Å². The number of para-hydroxylation sites is 1. The molecule has 204 valence electrons. The normalized spacial score (nSPS) is 11.4. The Morgan fingerprint density at radius 3 is 1.67 bits per heavy atom. The van der Waals surface area contributed by atoms with Crippen molar-refractivity contribution in [1.82, 2.24) is 4.98 Å². The molecule has 0 atom stereocenters. The van der Waals surface area contributed by atoms with Gasteiger partial charge in [-0.1, -0.05) is 147 Å². The van der Waals surface area contributed by atoms with Crippen molar-refractivity contribution in [2.45, 2.75) is 148 Å². The van der Waals surface area contributed by atoms with Crippen LogP contribution in [-0.4, -0.2) is 17.6 Å². The molecule has 2 rings (SSSR count). The van der Waals surface area contributed by atoms with E-state index in [-0.39, 0.29) is 5.97 Å². The van der Waals surface area contributed by atoms with Gasteiger partial charge in [0.25, 0.3) is 0 Å². The molecule has 0 unspecified atom stereocenters. The lowest BCUT2D eigenvalue weighted by Gasteiger charge is -2.05. The second kappa shape index (κ2) is 21.3. The van der Waals surface area contributed by atoms with E-state index in [4.69, 9.17) is 4.74 Å². The SMILES string of the molecule is CCCCCCCCCCCCCCCCCCCCCCC(=O)OCCc1c[nH]c2ccccc12. The Bertz CT molecular complexity index is 781. The van der Waals surface area contributed by atoms with Crippen molar-refractivity contribution in [3.8, 4) is 0 Å². The number of hydrogen-bond acceptors (Lipinski definition) is 2. The first-order valence-corrected chi connectivity index (χ1v) is 15.5. The van der Waals surface area contributed by atoms with Crippen LogP contribution in [0.1, 0.15) is 147 Å². The molecule has 2 aromatic rings. The predicted molar refractivity (Wildman–Crippen MR) is 156 cm³/mol. The second-order valence-electron chi connectivity index (χ2n) is 10.8. The van der Waals surface area contributed by atoms with E-state index in [1.807, 2.05) is 18.3 Å². The summed E-state index contributed by atoms with van der Waals surface area (Å²) in [7, 11) is 0. The molecule has 1 heterocycles. The number of hydrogen-bond donors (Lipinski definition) is 1. The maximum Gasteiger partial charge on any atom is 0.305 e. The predicted octanol–water partition coefficient (Wildman–Crippen LogP) is 10.5. The number of carbonyl (C=O) groups is 1. The van der Waals surface area contributed by atoms with Crippen LogP contribution in [0.15, 0.2) is 30.5 Å². The molecule has 0 amide bonds. The second-order valence-corrected chi connectivity index (χ2v) is 10.8. The van der Waals surface area contributed by atoms with Crippen LogP contribution < -0.4 is 0 Å². The summed E-state index contributed by atoms with van der Waals surface area (Å²) in [5.41, 5.74) is 2.36. The van der Waals surface area contributed by atoms with Crippen LogP contribution >= 0.6 is 0 Å². The monoisotopic (exact) mass is 497 g/mol. The number of H-pyrrole nitrogens is 1. The summed E-state index contributed by atoms with van der Waals surface area (Å²) in [6.45, 7) is 2.76. The molecule has 3 nitrogen and oxygen atoms in total.